The fourth-order valence-electron chi connectivity index (χ4n) is 2.14. The van der Waals surface area contributed by atoms with Gasteiger partial charge in [-0.3, -0.25) is 4.79 Å². The van der Waals surface area contributed by atoms with Crippen molar-refractivity contribution in [3.05, 3.63) is 0 Å². The third-order valence-corrected chi connectivity index (χ3v) is 3.39. The molecule has 4 heteroatoms. The Labute approximate surface area is 96.0 Å². The van der Waals surface area contributed by atoms with Crippen molar-refractivity contribution in [2.45, 2.75) is 49.9 Å². The molecule has 0 radical (unpaired) electrons. The second-order valence-electron chi connectivity index (χ2n) is 4.22. The minimum absolute atomic E-state index is 0.153. The highest BCUT2D eigenvalue weighted by molar-refractivity contribution is 6.30. The molecule has 0 aromatic rings. The van der Waals surface area contributed by atoms with Crippen LogP contribution < -0.4 is 0 Å². The zero-order chi connectivity index (χ0) is 11.5. The van der Waals surface area contributed by atoms with E-state index >= 15 is 0 Å². The van der Waals surface area contributed by atoms with Crippen molar-refractivity contribution >= 4 is 17.5 Å². The van der Waals surface area contributed by atoms with Gasteiger partial charge in [0.05, 0.1) is 6.07 Å². The van der Waals surface area contributed by atoms with Crippen molar-refractivity contribution in [1.82, 2.24) is 4.90 Å². The summed E-state index contributed by atoms with van der Waals surface area (Å²) < 4.78 is 0. The van der Waals surface area contributed by atoms with Gasteiger partial charge in [0.1, 0.15) is 10.9 Å². The summed E-state index contributed by atoms with van der Waals surface area (Å²) in [5.41, 5.74) is -0.613. The van der Waals surface area contributed by atoms with Gasteiger partial charge in [0, 0.05) is 7.05 Å². The lowest BCUT2D eigenvalue weighted by Gasteiger charge is -2.39. The highest BCUT2D eigenvalue weighted by Gasteiger charge is 2.39. The van der Waals surface area contributed by atoms with Gasteiger partial charge in [-0.2, -0.15) is 5.26 Å². The Bertz CT molecular complexity index is 277. The quantitative estimate of drug-likeness (QED) is 0.681. The molecule has 84 valence electrons. The lowest BCUT2D eigenvalue weighted by molar-refractivity contribution is -0.134. The van der Waals surface area contributed by atoms with Crippen molar-refractivity contribution in [3.63, 3.8) is 0 Å². The van der Waals surface area contributed by atoms with Crippen LogP contribution in [0, 0.1) is 11.3 Å². The number of halogens is 1. The third kappa shape index (κ3) is 2.43. The third-order valence-electron chi connectivity index (χ3n) is 3.20. The van der Waals surface area contributed by atoms with E-state index in [0.717, 1.165) is 32.1 Å². The molecule has 1 amide bonds. The van der Waals surface area contributed by atoms with Gasteiger partial charge >= 0.3 is 0 Å². The summed E-state index contributed by atoms with van der Waals surface area (Å²) in [6, 6.07) is 2.30. The number of amides is 1. The molecule has 0 aromatic heterocycles. The molecule has 3 nitrogen and oxygen atoms in total. The van der Waals surface area contributed by atoms with E-state index in [1.165, 1.54) is 0 Å². The molecule has 0 spiro atoms. The first-order valence-corrected chi connectivity index (χ1v) is 5.80. The molecule has 0 bridgehead atoms. The Morgan fingerprint density at radius 2 is 2.00 bits per heavy atom. The van der Waals surface area contributed by atoms with Crippen LogP contribution in [0.2, 0.25) is 0 Å². The number of nitriles is 1. The van der Waals surface area contributed by atoms with Crippen LogP contribution in [0.15, 0.2) is 0 Å². The predicted octanol–water partition coefficient (Wildman–Crippen LogP) is 2.30. The van der Waals surface area contributed by atoms with Crippen molar-refractivity contribution in [2.75, 3.05) is 7.05 Å². The lowest BCUT2D eigenvalue weighted by atomic mass is 9.81. The maximum Gasteiger partial charge on any atom is 0.241 e. The zero-order valence-corrected chi connectivity index (χ0v) is 10.0. The minimum Gasteiger partial charge on any atom is -0.326 e. The first-order valence-electron chi connectivity index (χ1n) is 5.36. The van der Waals surface area contributed by atoms with E-state index in [1.54, 1.807) is 18.9 Å². The summed E-state index contributed by atoms with van der Waals surface area (Å²) in [5, 5.41) is 8.70. The number of alkyl halides is 1. The maximum absolute atomic E-state index is 11.7. The summed E-state index contributed by atoms with van der Waals surface area (Å²) >= 11 is 5.76. The Kier molecular flexibility index (Phi) is 3.98. The lowest BCUT2D eigenvalue weighted by Crippen LogP contribution is -2.51. The highest BCUT2D eigenvalue weighted by Crippen LogP contribution is 2.32. The van der Waals surface area contributed by atoms with E-state index < -0.39 is 10.9 Å². The summed E-state index contributed by atoms with van der Waals surface area (Å²) in [7, 11) is 1.69. The molecule has 1 rings (SSSR count). The number of carbonyl (C=O) groups excluding carboxylic acids is 1. The topological polar surface area (TPSA) is 44.1 Å². The standard InChI is InChI=1S/C11H17ClN2O/c1-9(12)10(15)14(2)11(8-13)6-4-3-5-7-11/h9H,3-7H2,1-2H3/t9-/m1/s1. The molecule has 1 saturated carbocycles. The second kappa shape index (κ2) is 4.85. The van der Waals surface area contributed by atoms with Crippen molar-refractivity contribution < 1.29 is 4.79 Å². The molecule has 15 heavy (non-hydrogen) atoms. The highest BCUT2D eigenvalue weighted by atomic mass is 35.5. The number of hydrogen-bond acceptors (Lipinski definition) is 2. The van der Waals surface area contributed by atoms with Gasteiger partial charge in [-0.05, 0) is 19.8 Å². The van der Waals surface area contributed by atoms with Gasteiger partial charge in [0.15, 0.2) is 0 Å². The normalized spacial score (nSPS) is 21.5. The molecule has 1 aliphatic rings. The fraction of sp³-hybridized carbons (Fsp3) is 0.818. The molecule has 0 heterocycles. The summed E-state index contributed by atoms with van der Waals surface area (Å²) in [5.74, 6) is -0.153. The van der Waals surface area contributed by atoms with Gasteiger partial charge in [0.2, 0.25) is 5.91 Å². The number of carbonyl (C=O) groups is 1. The van der Waals surface area contributed by atoms with Crippen molar-refractivity contribution in [3.8, 4) is 6.07 Å². The van der Waals surface area contributed by atoms with Crippen LogP contribution in [-0.4, -0.2) is 28.8 Å². The molecule has 0 aliphatic heterocycles. The van der Waals surface area contributed by atoms with Gasteiger partial charge in [-0.25, -0.2) is 0 Å². The summed E-state index contributed by atoms with van der Waals surface area (Å²) in [4.78, 5) is 13.3. The van der Waals surface area contributed by atoms with E-state index in [-0.39, 0.29) is 5.91 Å². The van der Waals surface area contributed by atoms with E-state index in [0.29, 0.717) is 0 Å². The predicted molar refractivity (Wildman–Crippen MR) is 59.5 cm³/mol. The average Bonchev–Trinajstić information content (AvgIpc) is 2.27. The molecule has 0 N–H and O–H groups in total. The van der Waals surface area contributed by atoms with E-state index in [4.69, 9.17) is 11.6 Å². The molecule has 0 aromatic carbocycles. The monoisotopic (exact) mass is 228 g/mol. The van der Waals surface area contributed by atoms with Crippen molar-refractivity contribution in [1.29, 1.82) is 5.26 Å². The SMILES string of the molecule is C[C@@H](Cl)C(=O)N(C)C1(C#N)CCCCC1. The molecular formula is C11H17ClN2O. The van der Waals surface area contributed by atoms with Crippen LogP contribution in [0.25, 0.3) is 0 Å². The van der Waals surface area contributed by atoms with Gasteiger partial charge in [-0.1, -0.05) is 19.3 Å². The van der Waals surface area contributed by atoms with Crippen LogP contribution in [0.1, 0.15) is 39.0 Å². The molecule has 0 unspecified atom stereocenters. The molecular weight excluding hydrogens is 212 g/mol. The first kappa shape index (κ1) is 12.3. The molecule has 1 fully saturated rings. The van der Waals surface area contributed by atoms with E-state index in [9.17, 15) is 10.1 Å². The Morgan fingerprint density at radius 3 is 2.40 bits per heavy atom. The largest absolute Gasteiger partial charge is 0.326 e. The van der Waals surface area contributed by atoms with Crippen LogP contribution in [0.5, 0.6) is 0 Å². The van der Waals surface area contributed by atoms with Crippen LogP contribution in [0.4, 0.5) is 0 Å². The molecule has 0 saturated heterocycles. The molecule has 1 aliphatic carbocycles. The van der Waals surface area contributed by atoms with E-state index in [2.05, 4.69) is 6.07 Å². The van der Waals surface area contributed by atoms with Gasteiger partial charge < -0.3 is 4.90 Å². The van der Waals surface area contributed by atoms with Crippen molar-refractivity contribution in [2.24, 2.45) is 0 Å². The van der Waals surface area contributed by atoms with Crippen LogP contribution >= 0.6 is 11.6 Å². The Hall–Kier alpha value is -0.750. The average molecular weight is 229 g/mol. The number of hydrogen-bond donors (Lipinski definition) is 0. The number of rotatable bonds is 2. The van der Waals surface area contributed by atoms with Gasteiger partial charge in [-0.15, -0.1) is 11.6 Å². The summed E-state index contributed by atoms with van der Waals surface area (Å²) in [6.45, 7) is 1.65. The smallest absolute Gasteiger partial charge is 0.241 e. The van der Waals surface area contributed by atoms with Crippen LogP contribution in [0.3, 0.4) is 0 Å². The Morgan fingerprint density at radius 1 is 1.47 bits per heavy atom. The van der Waals surface area contributed by atoms with Crippen LogP contribution in [-0.2, 0) is 4.79 Å². The summed E-state index contributed by atoms with van der Waals surface area (Å²) in [6.07, 6.45) is 4.73. The maximum atomic E-state index is 11.7. The fourth-order valence-corrected chi connectivity index (χ4v) is 2.28. The minimum atomic E-state index is -0.613. The molecule has 1 atom stereocenters. The Balaban J connectivity index is 2.82. The second-order valence-corrected chi connectivity index (χ2v) is 4.87. The number of nitrogens with zero attached hydrogens (tertiary/aromatic N) is 2. The van der Waals surface area contributed by atoms with Gasteiger partial charge in [0.25, 0.3) is 0 Å². The van der Waals surface area contributed by atoms with E-state index in [1.807, 2.05) is 0 Å². The first-order chi connectivity index (χ1) is 7.03. The zero-order valence-electron chi connectivity index (χ0n) is 9.29.